The molecule has 0 aliphatic carbocycles. The van der Waals surface area contributed by atoms with Crippen LogP contribution in [0.15, 0.2) is 35.6 Å². The van der Waals surface area contributed by atoms with Crippen LogP contribution in [0.1, 0.15) is 27.7 Å². The Morgan fingerprint density at radius 1 is 1.12 bits per heavy atom. The number of carbonyl (C=O) groups excluding carboxylic acids is 1. The van der Waals surface area contributed by atoms with Gasteiger partial charge in [-0.1, -0.05) is 32.5 Å². The molecule has 3 aromatic rings. The topological polar surface area (TPSA) is 103 Å². The van der Waals surface area contributed by atoms with Crippen molar-refractivity contribution in [2.75, 3.05) is 37.4 Å². The minimum atomic E-state index is -0.198. The molecule has 178 valence electrons. The summed E-state index contributed by atoms with van der Waals surface area (Å²) in [6.07, 6.45) is 1.77. The number of hydrogen-bond donors (Lipinski definition) is 2. The molecule has 0 aliphatic heterocycles. The van der Waals surface area contributed by atoms with E-state index in [1.54, 1.807) is 34.8 Å². The molecule has 0 atom stereocenters. The van der Waals surface area contributed by atoms with Gasteiger partial charge in [-0.05, 0) is 42.9 Å². The van der Waals surface area contributed by atoms with Crippen molar-refractivity contribution >= 4 is 34.5 Å². The van der Waals surface area contributed by atoms with Gasteiger partial charge in [-0.15, -0.1) is 0 Å². The normalized spacial score (nSPS) is 11.1. The fraction of sp³-hybridized carbons (Fsp3) is 0.478. The Hall–Kier alpha value is -3.01. The predicted molar refractivity (Wildman–Crippen MR) is 131 cm³/mol. The zero-order chi connectivity index (χ0) is 23.6. The number of rotatable bonds is 13. The third-order valence-corrected chi connectivity index (χ3v) is 5.31. The summed E-state index contributed by atoms with van der Waals surface area (Å²) in [5.74, 6) is 3.36. The first-order chi connectivity index (χ1) is 16.0. The number of anilines is 1. The summed E-state index contributed by atoms with van der Waals surface area (Å²) in [4.78, 5) is 21.5. The Morgan fingerprint density at radius 3 is 2.52 bits per heavy atom. The number of hydrogen-bond acceptors (Lipinski definition) is 8. The first kappa shape index (κ1) is 24.6. The third kappa shape index (κ3) is 7.24. The van der Waals surface area contributed by atoms with E-state index in [0.29, 0.717) is 36.5 Å². The van der Waals surface area contributed by atoms with Crippen molar-refractivity contribution in [3.63, 3.8) is 0 Å². The molecule has 10 heteroatoms. The maximum absolute atomic E-state index is 12.2. The Labute approximate surface area is 198 Å². The molecule has 0 unspecified atom stereocenters. The van der Waals surface area contributed by atoms with Crippen LogP contribution in [0.25, 0.3) is 11.0 Å². The second kappa shape index (κ2) is 12.3. The van der Waals surface area contributed by atoms with Gasteiger partial charge < -0.3 is 20.1 Å². The van der Waals surface area contributed by atoms with Crippen LogP contribution in [-0.2, 0) is 11.3 Å². The summed E-state index contributed by atoms with van der Waals surface area (Å²) in [5, 5.41) is 12.3. The number of aromatic nitrogens is 4. The SMILES string of the molecule is CCOc1ccc(OCC(=O)NCCn2ncc3c(NCC(C)C)nc(SCC)nc32)cc1. The van der Waals surface area contributed by atoms with Crippen LogP contribution in [0.2, 0.25) is 0 Å². The largest absolute Gasteiger partial charge is 0.494 e. The molecule has 0 fully saturated rings. The van der Waals surface area contributed by atoms with Crippen LogP contribution < -0.4 is 20.1 Å². The van der Waals surface area contributed by atoms with E-state index >= 15 is 0 Å². The van der Waals surface area contributed by atoms with E-state index in [9.17, 15) is 4.79 Å². The van der Waals surface area contributed by atoms with E-state index in [1.807, 2.05) is 19.1 Å². The van der Waals surface area contributed by atoms with Gasteiger partial charge in [0.2, 0.25) is 0 Å². The highest BCUT2D eigenvalue weighted by molar-refractivity contribution is 7.99. The van der Waals surface area contributed by atoms with Gasteiger partial charge >= 0.3 is 0 Å². The maximum atomic E-state index is 12.2. The summed E-state index contributed by atoms with van der Waals surface area (Å²) < 4.78 is 12.7. The van der Waals surface area contributed by atoms with E-state index in [1.165, 1.54) is 0 Å². The number of thioether (sulfide) groups is 1. The lowest BCUT2D eigenvalue weighted by atomic mass is 10.2. The number of ether oxygens (including phenoxy) is 2. The average molecular weight is 473 g/mol. The molecule has 0 aliphatic rings. The van der Waals surface area contributed by atoms with Gasteiger partial charge in [-0.3, -0.25) is 4.79 Å². The minimum Gasteiger partial charge on any atom is -0.494 e. The molecule has 1 amide bonds. The minimum absolute atomic E-state index is 0.0590. The molecule has 0 bridgehead atoms. The first-order valence-electron chi connectivity index (χ1n) is 11.2. The highest BCUT2D eigenvalue weighted by Gasteiger charge is 2.14. The number of nitrogens with one attached hydrogen (secondary N) is 2. The number of fused-ring (bicyclic) bond motifs is 1. The highest BCUT2D eigenvalue weighted by atomic mass is 32.2. The zero-order valence-corrected chi connectivity index (χ0v) is 20.4. The average Bonchev–Trinajstić information content (AvgIpc) is 3.20. The van der Waals surface area contributed by atoms with Gasteiger partial charge in [0.15, 0.2) is 17.4 Å². The summed E-state index contributed by atoms with van der Waals surface area (Å²) in [6.45, 7) is 10.6. The summed E-state index contributed by atoms with van der Waals surface area (Å²) in [7, 11) is 0. The second-order valence-corrected chi connectivity index (χ2v) is 8.94. The van der Waals surface area contributed by atoms with Gasteiger partial charge in [0, 0.05) is 13.1 Å². The molecule has 9 nitrogen and oxygen atoms in total. The Bertz CT molecular complexity index is 1040. The van der Waals surface area contributed by atoms with Gasteiger partial charge in [0.05, 0.1) is 24.7 Å². The van der Waals surface area contributed by atoms with Crippen molar-refractivity contribution < 1.29 is 14.3 Å². The third-order valence-electron chi connectivity index (χ3n) is 4.58. The summed E-state index contributed by atoms with van der Waals surface area (Å²) in [6, 6.07) is 7.20. The molecular weight excluding hydrogens is 440 g/mol. The molecule has 0 saturated carbocycles. The van der Waals surface area contributed by atoms with Crippen LogP contribution in [0, 0.1) is 5.92 Å². The molecule has 33 heavy (non-hydrogen) atoms. The standard InChI is InChI=1S/C23H32N6O3S/c1-5-31-17-7-9-18(10-8-17)32-15-20(30)24-11-12-29-22-19(14-26-29)21(25-13-16(3)4)27-23(28-22)33-6-2/h7-10,14,16H,5-6,11-13,15H2,1-4H3,(H,24,30)(H,25,27,28). The fourth-order valence-corrected chi connectivity index (χ4v) is 3.59. The van der Waals surface area contributed by atoms with E-state index in [-0.39, 0.29) is 12.5 Å². The Morgan fingerprint density at radius 2 is 1.85 bits per heavy atom. The van der Waals surface area contributed by atoms with Crippen LogP contribution in [0.5, 0.6) is 11.5 Å². The van der Waals surface area contributed by atoms with Gasteiger partial charge in [-0.2, -0.15) is 5.10 Å². The predicted octanol–water partition coefficient (Wildman–Crippen LogP) is 3.60. The molecule has 2 aromatic heterocycles. The monoisotopic (exact) mass is 472 g/mol. The molecule has 0 saturated heterocycles. The number of amides is 1. The first-order valence-corrected chi connectivity index (χ1v) is 12.2. The molecular formula is C23H32N6O3S. The van der Waals surface area contributed by atoms with Crippen LogP contribution in [0.3, 0.4) is 0 Å². The quantitative estimate of drug-likeness (QED) is 0.287. The molecule has 3 rings (SSSR count). The van der Waals surface area contributed by atoms with E-state index in [2.05, 4.69) is 46.5 Å². The molecule has 0 spiro atoms. The van der Waals surface area contributed by atoms with Crippen molar-refractivity contribution in [1.29, 1.82) is 0 Å². The lowest BCUT2D eigenvalue weighted by Crippen LogP contribution is -2.31. The van der Waals surface area contributed by atoms with Crippen molar-refractivity contribution in [2.45, 2.75) is 39.4 Å². The van der Waals surface area contributed by atoms with Gasteiger partial charge in [0.1, 0.15) is 17.3 Å². The van der Waals surface area contributed by atoms with Crippen molar-refractivity contribution in [3.8, 4) is 11.5 Å². The molecule has 0 radical (unpaired) electrons. The van der Waals surface area contributed by atoms with Crippen LogP contribution in [-0.4, -0.2) is 57.7 Å². The van der Waals surface area contributed by atoms with Gasteiger partial charge in [0.25, 0.3) is 5.91 Å². The molecule has 2 N–H and O–H groups in total. The Kier molecular flexibility index (Phi) is 9.17. The Balaban J connectivity index is 1.56. The van der Waals surface area contributed by atoms with Crippen LogP contribution >= 0.6 is 11.8 Å². The highest BCUT2D eigenvalue weighted by Crippen LogP contribution is 2.24. The second-order valence-electron chi connectivity index (χ2n) is 7.71. The van der Waals surface area contributed by atoms with Crippen molar-refractivity contribution in [2.24, 2.45) is 5.92 Å². The lowest BCUT2D eigenvalue weighted by molar-refractivity contribution is -0.123. The van der Waals surface area contributed by atoms with Crippen molar-refractivity contribution in [3.05, 3.63) is 30.5 Å². The van der Waals surface area contributed by atoms with Crippen molar-refractivity contribution in [1.82, 2.24) is 25.1 Å². The summed E-state index contributed by atoms with van der Waals surface area (Å²) in [5.41, 5.74) is 0.757. The number of benzene rings is 1. The zero-order valence-electron chi connectivity index (χ0n) is 19.6. The summed E-state index contributed by atoms with van der Waals surface area (Å²) >= 11 is 1.59. The van der Waals surface area contributed by atoms with Crippen LogP contribution in [0.4, 0.5) is 5.82 Å². The number of nitrogens with zero attached hydrogens (tertiary/aromatic N) is 4. The van der Waals surface area contributed by atoms with E-state index in [0.717, 1.165) is 34.9 Å². The van der Waals surface area contributed by atoms with E-state index in [4.69, 9.17) is 9.47 Å². The smallest absolute Gasteiger partial charge is 0.258 e. The maximum Gasteiger partial charge on any atom is 0.258 e. The lowest BCUT2D eigenvalue weighted by Gasteiger charge is -2.11. The van der Waals surface area contributed by atoms with E-state index < -0.39 is 0 Å². The number of carbonyl (C=O) groups is 1. The molecule has 1 aromatic carbocycles. The molecule has 2 heterocycles. The van der Waals surface area contributed by atoms with Gasteiger partial charge in [-0.25, -0.2) is 14.6 Å². The fourth-order valence-electron chi connectivity index (χ4n) is 3.03.